The second-order valence-electron chi connectivity index (χ2n) is 6.64. The molecule has 0 spiro atoms. The highest BCUT2D eigenvalue weighted by molar-refractivity contribution is 6.31. The van der Waals surface area contributed by atoms with E-state index in [1.807, 2.05) is 24.3 Å². The summed E-state index contributed by atoms with van der Waals surface area (Å²) in [5.74, 6) is 0.504. The lowest BCUT2D eigenvalue weighted by Crippen LogP contribution is -2.12. The molecule has 8 heteroatoms. The topological polar surface area (TPSA) is 50.7 Å². The normalized spacial score (nSPS) is 14.9. The molecule has 0 saturated heterocycles. The van der Waals surface area contributed by atoms with E-state index in [0.29, 0.717) is 17.9 Å². The second kappa shape index (κ2) is 7.05. The SMILES string of the molecule is C=C1Nc2nc(nc3cnc(Cl)c(C(F)(F)F)c23)CCCCc2ccccc21. The zero-order valence-electron chi connectivity index (χ0n) is 14.8. The molecule has 1 aliphatic rings. The highest BCUT2D eigenvalue weighted by atomic mass is 35.5. The molecule has 2 bridgehead atoms. The van der Waals surface area contributed by atoms with Crippen molar-refractivity contribution in [2.45, 2.75) is 31.9 Å². The van der Waals surface area contributed by atoms with Crippen LogP contribution < -0.4 is 5.32 Å². The predicted octanol–water partition coefficient (Wildman–Crippen LogP) is 5.66. The molecule has 3 aromatic rings. The summed E-state index contributed by atoms with van der Waals surface area (Å²) < 4.78 is 41.1. The molecular formula is C20H16ClF3N4. The van der Waals surface area contributed by atoms with Gasteiger partial charge in [-0.1, -0.05) is 42.4 Å². The van der Waals surface area contributed by atoms with Gasteiger partial charge in [-0.05, 0) is 24.8 Å². The van der Waals surface area contributed by atoms with Gasteiger partial charge in [-0.25, -0.2) is 15.0 Å². The number of anilines is 1. The zero-order valence-corrected chi connectivity index (χ0v) is 15.5. The number of rotatable bonds is 0. The van der Waals surface area contributed by atoms with E-state index in [0.717, 1.165) is 30.4 Å². The van der Waals surface area contributed by atoms with E-state index in [9.17, 15) is 13.2 Å². The number of aromatic nitrogens is 3. The summed E-state index contributed by atoms with van der Waals surface area (Å²) in [7, 11) is 0. The predicted molar refractivity (Wildman–Crippen MR) is 103 cm³/mol. The fourth-order valence-corrected chi connectivity index (χ4v) is 3.70. The van der Waals surface area contributed by atoms with Crippen LogP contribution >= 0.6 is 11.6 Å². The Morgan fingerprint density at radius 1 is 1.07 bits per heavy atom. The van der Waals surface area contributed by atoms with Crippen LogP contribution in [0, 0.1) is 0 Å². The number of fused-ring (bicyclic) bond motifs is 5. The quantitative estimate of drug-likeness (QED) is 0.491. The Bertz CT molecular complexity index is 1080. The number of benzene rings is 1. The van der Waals surface area contributed by atoms with E-state index < -0.39 is 16.9 Å². The minimum absolute atomic E-state index is 0.0401. The van der Waals surface area contributed by atoms with Gasteiger partial charge in [0.2, 0.25) is 0 Å². The molecule has 1 N–H and O–H groups in total. The largest absolute Gasteiger partial charge is 0.420 e. The molecule has 0 saturated carbocycles. The molecule has 0 unspecified atom stereocenters. The molecule has 0 fully saturated rings. The lowest BCUT2D eigenvalue weighted by atomic mass is 9.99. The van der Waals surface area contributed by atoms with Gasteiger partial charge in [-0.15, -0.1) is 0 Å². The van der Waals surface area contributed by atoms with Crippen molar-refractivity contribution in [3.63, 3.8) is 0 Å². The number of alkyl halides is 3. The van der Waals surface area contributed by atoms with Gasteiger partial charge in [0.05, 0.1) is 17.1 Å². The Hall–Kier alpha value is -2.67. The zero-order chi connectivity index (χ0) is 19.9. The molecule has 4 rings (SSSR count). The van der Waals surface area contributed by atoms with E-state index >= 15 is 0 Å². The summed E-state index contributed by atoms with van der Waals surface area (Å²) >= 11 is 5.81. The third-order valence-electron chi connectivity index (χ3n) is 4.73. The van der Waals surface area contributed by atoms with Gasteiger partial charge < -0.3 is 5.32 Å². The van der Waals surface area contributed by atoms with Crippen molar-refractivity contribution in [1.29, 1.82) is 0 Å². The van der Waals surface area contributed by atoms with Crippen molar-refractivity contribution in [2.24, 2.45) is 0 Å². The molecule has 0 atom stereocenters. The Labute approximate surface area is 164 Å². The summed E-state index contributed by atoms with van der Waals surface area (Å²) in [6, 6.07) is 7.71. The number of pyridine rings is 1. The van der Waals surface area contributed by atoms with E-state index in [1.165, 1.54) is 6.20 Å². The van der Waals surface area contributed by atoms with Gasteiger partial charge in [-0.2, -0.15) is 13.2 Å². The summed E-state index contributed by atoms with van der Waals surface area (Å²) in [6.07, 6.45) is -0.318. The maximum Gasteiger partial charge on any atom is 0.420 e. The van der Waals surface area contributed by atoms with Crippen LogP contribution in [0.4, 0.5) is 19.0 Å². The van der Waals surface area contributed by atoms with E-state index in [1.54, 1.807) is 0 Å². The van der Waals surface area contributed by atoms with Crippen LogP contribution in [0.3, 0.4) is 0 Å². The van der Waals surface area contributed by atoms with Gasteiger partial charge in [-0.3, -0.25) is 0 Å². The minimum Gasteiger partial charge on any atom is -0.340 e. The van der Waals surface area contributed by atoms with Crippen molar-refractivity contribution in [2.75, 3.05) is 5.32 Å². The van der Waals surface area contributed by atoms with Gasteiger partial charge in [0.25, 0.3) is 0 Å². The van der Waals surface area contributed by atoms with Crippen molar-refractivity contribution in [3.8, 4) is 0 Å². The highest BCUT2D eigenvalue weighted by Crippen LogP contribution is 2.41. The van der Waals surface area contributed by atoms with Crippen LogP contribution in [0.25, 0.3) is 16.6 Å². The molecule has 0 amide bonds. The van der Waals surface area contributed by atoms with Gasteiger partial charge >= 0.3 is 6.18 Å². The second-order valence-corrected chi connectivity index (χ2v) is 7.00. The van der Waals surface area contributed by atoms with Crippen LogP contribution in [0.5, 0.6) is 0 Å². The molecule has 2 aromatic heterocycles. The molecule has 1 aromatic carbocycles. The first-order valence-electron chi connectivity index (χ1n) is 8.81. The van der Waals surface area contributed by atoms with Crippen molar-refractivity contribution in [1.82, 2.24) is 15.0 Å². The highest BCUT2D eigenvalue weighted by Gasteiger charge is 2.38. The molecule has 0 aliphatic carbocycles. The minimum atomic E-state index is -4.70. The summed E-state index contributed by atoms with van der Waals surface area (Å²) in [4.78, 5) is 12.4. The Morgan fingerprint density at radius 3 is 2.61 bits per heavy atom. The third-order valence-corrected chi connectivity index (χ3v) is 5.02. The monoisotopic (exact) mass is 404 g/mol. The van der Waals surface area contributed by atoms with Crippen molar-refractivity contribution < 1.29 is 13.2 Å². The number of nitrogens with zero attached hydrogens (tertiary/aromatic N) is 3. The average molecular weight is 405 g/mol. The fourth-order valence-electron chi connectivity index (χ4n) is 3.45. The standard InChI is InChI=1S/C20H16ClF3N4/c1-11-13-8-4-2-6-12(13)7-3-5-9-15-27-14-10-25-18(21)17(20(22,23)24)16(14)19(26-11)28-15/h2,4,6,8,10H,1,3,5,7,9H2,(H,26,27,28). The Kier molecular flexibility index (Phi) is 4.71. The smallest absolute Gasteiger partial charge is 0.340 e. The number of halogens is 4. The molecule has 0 radical (unpaired) electrons. The van der Waals surface area contributed by atoms with E-state index in [-0.39, 0.29) is 16.7 Å². The molecule has 3 heterocycles. The van der Waals surface area contributed by atoms with E-state index in [4.69, 9.17) is 11.6 Å². The number of hydrogen-bond donors (Lipinski definition) is 1. The van der Waals surface area contributed by atoms with Crippen LogP contribution in [0.15, 0.2) is 37.0 Å². The van der Waals surface area contributed by atoms with Gasteiger partial charge in [0.1, 0.15) is 22.4 Å². The molecule has 4 nitrogen and oxygen atoms in total. The first kappa shape index (κ1) is 18.7. The Balaban J connectivity index is 1.96. The Morgan fingerprint density at radius 2 is 1.82 bits per heavy atom. The van der Waals surface area contributed by atoms with Crippen LogP contribution in [0.1, 0.15) is 35.4 Å². The molecular weight excluding hydrogens is 389 g/mol. The average Bonchev–Trinajstić information content (AvgIpc) is 2.66. The number of nitrogens with one attached hydrogen (secondary N) is 1. The van der Waals surface area contributed by atoms with E-state index in [2.05, 4.69) is 26.8 Å². The van der Waals surface area contributed by atoms with Gasteiger partial charge in [0.15, 0.2) is 0 Å². The third kappa shape index (κ3) is 3.42. The van der Waals surface area contributed by atoms with Crippen LogP contribution in [-0.2, 0) is 19.0 Å². The number of aryl methyl sites for hydroxylation is 2. The lowest BCUT2D eigenvalue weighted by molar-refractivity contribution is -0.136. The lowest BCUT2D eigenvalue weighted by Gasteiger charge is -2.17. The fraction of sp³-hybridized carbons (Fsp3) is 0.250. The van der Waals surface area contributed by atoms with Crippen LogP contribution in [-0.4, -0.2) is 15.0 Å². The first-order valence-corrected chi connectivity index (χ1v) is 9.19. The first-order chi connectivity index (χ1) is 13.3. The van der Waals surface area contributed by atoms with Crippen molar-refractivity contribution in [3.05, 3.63) is 64.7 Å². The summed E-state index contributed by atoms with van der Waals surface area (Å²) in [5.41, 5.74) is 1.47. The van der Waals surface area contributed by atoms with Gasteiger partial charge in [0, 0.05) is 17.7 Å². The van der Waals surface area contributed by atoms with Crippen molar-refractivity contribution >= 4 is 34.0 Å². The maximum atomic E-state index is 13.7. The summed E-state index contributed by atoms with van der Waals surface area (Å²) in [5, 5.41) is 2.16. The number of hydrogen-bond acceptors (Lipinski definition) is 4. The molecule has 1 aliphatic heterocycles. The van der Waals surface area contributed by atoms with Crippen LogP contribution in [0.2, 0.25) is 5.15 Å². The molecule has 28 heavy (non-hydrogen) atoms. The maximum absolute atomic E-state index is 13.7. The summed E-state index contributed by atoms with van der Waals surface area (Å²) in [6.45, 7) is 4.03. The molecule has 144 valence electrons.